The van der Waals surface area contributed by atoms with E-state index in [1.54, 1.807) is 24.3 Å². The molecule has 102 valence electrons. The fraction of sp³-hybridized carbons (Fsp3) is 0.429. The number of anilines is 1. The molecule has 0 radical (unpaired) electrons. The number of nitrogen functional groups attached to an aromatic ring is 1. The summed E-state index contributed by atoms with van der Waals surface area (Å²) in [6.45, 7) is 1.72. The molecule has 1 fully saturated rings. The van der Waals surface area contributed by atoms with E-state index in [2.05, 4.69) is 5.32 Å². The van der Waals surface area contributed by atoms with Crippen LogP contribution >= 0.6 is 0 Å². The molecule has 2 rings (SSSR count). The van der Waals surface area contributed by atoms with Gasteiger partial charge in [0.1, 0.15) is 0 Å². The molecule has 0 unspecified atom stereocenters. The Balaban J connectivity index is 1.76. The van der Waals surface area contributed by atoms with Crippen molar-refractivity contribution in [3.05, 3.63) is 29.8 Å². The molecule has 1 aromatic carbocycles. The third-order valence-electron chi connectivity index (χ3n) is 3.20. The van der Waals surface area contributed by atoms with Gasteiger partial charge < -0.3 is 15.8 Å². The Labute approximate surface area is 112 Å². The SMILES string of the molecule is C[C@H](NC(=O)COC(=O)c1ccc(N)cc1)C1CC1. The Hall–Kier alpha value is -2.04. The van der Waals surface area contributed by atoms with Crippen molar-refractivity contribution in [3.63, 3.8) is 0 Å². The number of hydrogen-bond acceptors (Lipinski definition) is 4. The zero-order valence-corrected chi connectivity index (χ0v) is 10.9. The van der Waals surface area contributed by atoms with Crippen LogP contribution in [0.2, 0.25) is 0 Å². The maximum absolute atomic E-state index is 11.6. The van der Waals surface area contributed by atoms with Gasteiger partial charge in [0, 0.05) is 11.7 Å². The van der Waals surface area contributed by atoms with Gasteiger partial charge in [0.15, 0.2) is 6.61 Å². The number of carbonyl (C=O) groups excluding carboxylic acids is 2. The predicted molar refractivity (Wildman–Crippen MR) is 71.5 cm³/mol. The van der Waals surface area contributed by atoms with Gasteiger partial charge in [-0.15, -0.1) is 0 Å². The number of nitrogens with one attached hydrogen (secondary N) is 1. The highest BCUT2D eigenvalue weighted by atomic mass is 16.5. The minimum Gasteiger partial charge on any atom is -0.452 e. The van der Waals surface area contributed by atoms with Gasteiger partial charge in [0.2, 0.25) is 0 Å². The van der Waals surface area contributed by atoms with Crippen molar-refractivity contribution in [2.45, 2.75) is 25.8 Å². The number of ether oxygens (including phenoxy) is 1. The van der Waals surface area contributed by atoms with E-state index in [1.165, 1.54) is 0 Å². The first-order valence-corrected chi connectivity index (χ1v) is 6.38. The number of amides is 1. The van der Waals surface area contributed by atoms with E-state index in [1.807, 2.05) is 6.92 Å². The highest BCUT2D eigenvalue weighted by molar-refractivity contribution is 5.91. The van der Waals surface area contributed by atoms with Gasteiger partial charge in [-0.2, -0.15) is 0 Å². The minimum atomic E-state index is -0.519. The van der Waals surface area contributed by atoms with E-state index in [4.69, 9.17) is 10.5 Å². The summed E-state index contributed by atoms with van der Waals surface area (Å²) in [4.78, 5) is 23.2. The molecular formula is C14H18N2O3. The second kappa shape index (κ2) is 5.73. The lowest BCUT2D eigenvalue weighted by Gasteiger charge is -2.12. The molecule has 0 bridgehead atoms. The molecule has 1 aliphatic rings. The van der Waals surface area contributed by atoms with Crippen LogP contribution in [0, 0.1) is 5.92 Å². The number of rotatable bonds is 5. The quantitative estimate of drug-likeness (QED) is 0.619. The van der Waals surface area contributed by atoms with Gasteiger partial charge in [-0.05, 0) is 49.9 Å². The maximum Gasteiger partial charge on any atom is 0.338 e. The third kappa shape index (κ3) is 3.98. The van der Waals surface area contributed by atoms with Gasteiger partial charge >= 0.3 is 5.97 Å². The van der Waals surface area contributed by atoms with Crippen LogP contribution < -0.4 is 11.1 Å². The number of esters is 1. The molecule has 0 heterocycles. The monoisotopic (exact) mass is 262 g/mol. The Morgan fingerprint density at radius 1 is 1.37 bits per heavy atom. The average molecular weight is 262 g/mol. The standard InChI is InChI=1S/C14H18N2O3/c1-9(10-2-3-10)16-13(17)8-19-14(18)11-4-6-12(15)7-5-11/h4-7,9-10H,2-3,8,15H2,1H3,(H,16,17)/t9-/m0/s1. The zero-order chi connectivity index (χ0) is 13.8. The van der Waals surface area contributed by atoms with E-state index in [0.29, 0.717) is 17.2 Å². The van der Waals surface area contributed by atoms with Crippen LogP contribution in [0.25, 0.3) is 0 Å². The van der Waals surface area contributed by atoms with Crippen molar-refractivity contribution in [3.8, 4) is 0 Å². The maximum atomic E-state index is 11.6. The van der Waals surface area contributed by atoms with Crippen molar-refractivity contribution in [2.75, 3.05) is 12.3 Å². The molecule has 0 aromatic heterocycles. The number of carbonyl (C=O) groups is 2. The third-order valence-corrected chi connectivity index (χ3v) is 3.20. The summed E-state index contributed by atoms with van der Waals surface area (Å²) in [5.41, 5.74) is 6.48. The van der Waals surface area contributed by atoms with Crippen LogP contribution in [-0.4, -0.2) is 24.5 Å². The summed E-state index contributed by atoms with van der Waals surface area (Å²) < 4.78 is 4.94. The zero-order valence-electron chi connectivity index (χ0n) is 10.9. The van der Waals surface area contributed by atoms with E-state index in [0.717, 1.165) is 12.8 Å². The first-order chi connectivity index (χ1) is 9.06. The molecule has 3 N–H and O–H groups in total. The molecule has 19 heavy (non-hydrogen) atoms. The van der Waals surface area contributed by atoms with Crippen LogP contribution in [0.3, 0.4) is 0 Å². The summed E-state index contributed by atoms with van der Waals surface area (Å²) in [5, 5.41) is 2.82. The van der Waals surface area contributed by atoms with Crippen LogP contribution in [0.4, 0.5) is 5.69 Å². The molecule has 1 atom stereocenters. The lowest BCUT2D eigenvalue weighted by molar-refractivity contribution is -0.124. The largest absolute Gasteiger partial charge is 0.452 e. The predicted octanol–water partition coefficient (Wildman–Crippen LogP) is 1.34. The van der Waals surface area contributed by atoms with E-state index in [-0.39, 0.29) is 18.6 Å². The molecule has 1 aromatic rings. The molecule has 5 heteroatoms. The first-order valence-electron chi connectivity index (χ1n) is 6.38. The smallest absolute Gasteiger partial charge is 0.338 e. The normalized spacial score (nSPS) is 15.6. The molecule has 1 aliphatic carbocycles. The first kappa shape index (κ1) is 13.4. The highest BCUT2D eigenvalue weighted by Crippen LogP contribution is 2.32. The average Bonchev–Trinajstić information content (AvgIpc) is 3.21. The van der Waals surface area contributed by atoms with Gasteiger partial charge in [0.05, 0.1) is 5.56 Å². The Morgan fingerprint density at radius 3 is 2.58 bits per heavy atom. The van der Waals surface area contributed by atoms with Gasteiger partial charge in [-0.25, -0.2) is 4.79 Å². The fourth-order valence-corrected chi connectivity index (χ4v) is 1.84. The van der Waals surface area contributed by atoms with Gasteiger partial charge in [0.25, 0.3) is 5.91 Å². The minimum absolute atomic E-state index is 0.155. The van der Waals surface area contributed by atoms with E-state index >= 15 is 0 Å². The number of hydrogen-bond donors (Lipinski definition) is 2. The van der Waals surface area contributed by atoms with Crippen LogP contribution in [0.1, 0.15) is 30.1 Å². The molecule has 0 aliphatic heterocycles. The Bertz CT molecular complexity index is 466. The van der Waals surface area contributed by atoms with Crippen molar-refractivity contribution in [2.24, 2.45) is 5.92 Å². The van der Waals surface area contributed by atoms with Gasteiger partial charge in [-0.1, -0.05) is 0 Å². The summed E-state index contributed by atoms with van der Waals surface area (Å²) in [5.74, 6) is -0.200. The Kier molecular flexibility index (Phi) is 4.04. The van der Waals surface area contributed by atoms with E-state index in [9.17, 15) is 9.59 Å². The summed E-state index contributed by atoms with van der Waals surface area (Å²) in [6, 6.07) is 6.53. The van der Waals surface area contributed by atoms with Crippen molar-refractivity contribution >= 4 is 17.6 Å². The van der Waals surface area contributed by atoms with Gasteiger partial charge in [-0.3, -0.25) is 4.79 Å². The number of nitrogens with two attached hydrogens (primary N) is 1. The molecule has 0 spiro atoms. The molecular weight excluding hydrogens is 244 g/mol. The fourth-order valence-electron chi connectivity index (χ4n) is 1.84. The second-order valence-corrected chi connectivity index (χ2v) is 4.89. The Morgan fingerprint density at radius 2 is 2.00 bits per heavy atom. The van der Waals surface area contributed by atoms with E-state index < -0.39 is 5.97 Å². The molecule has 5 nitrogen and oxygen atoms in total. The van der Waals surface area contributed by atoms with Crippen LogP contribution in [0.5, 0.6) is 0 Å². The second-order valence-electron chi connectivity index (χ2n) is 4.89. The topological polar surface area (TPSA) is 81.4 Å². The lowest BCUT2D eigenvalue weighted by atomic mass is 10.2. The molecule has 1 saturated carbocycles. The summed E-state index contributed by atoms with van der Waals surface area (Å²) in [6.07, 6.45) is 2.32. The van der Waals surface area contributed by atoms with Crippen molar-refractivity contribution in [1.29, 1.82) is 0 Å². The van der Waals surface area contributed by atoms with Crippen molar-refractivity contribution in [1.82, 2.24) is 5.32 Å². The van der Waals surface area contributed by atoms with Crippen molar-refractivity contribution < 1.29 is 14.3 Å². The number of benzene rings is 1. The van der Waals surface area contributed by atoms with Crippen LogP contribution in [0.15, 0.2) is 24.3 Å². The molecule has 0 saturated heterocycles. The summed E-state index contributed by atoms with van der Waals surface area (Å²) in [7, 11) is 0. The summed E-state index contributed by atoms with van der Waals surface area (Å²) >= 11 is 0. The molecule has 1 amide bonds. The highest BCUT2D eigenvalue weighted by Gasteiger charge is 2.28. The lowest BCUT2D eigenvalue weighted by Crippen LogP contribution is -2.37. The van der Waals surface area contributed by atoms with Crippen LogP contribution in [-0.2, 0) is 9.53 Å².